The molecule has 0 atom stereocenters. The van der Waals surface area contributed by atoms with E-state index < -0.39 is 12.6 Å². The Bertz CT molecular complexity index is 352. The zero-order valence-electron chi connectivity index (χ0n) is 9.75. The number of hydrogen-bond acceptors (Lipinski definition) is 2. The van der Waals surface area contributed by atoms with Crippen molar-refractivity contribution in [2.45, 2.75) is 19.1 Å². The molecule has 0 bridgehead atoms. The average Bonchev–Trinajstić information content (AvgIpc) is 2.74. The van der Waals surface area contributed by atoms with Gasteiger partial charge in [-0.1, -0.05) is 0 Å². The largest absolute Gasteiger partial charge is 0.467 e. The molecule has 0 aliphatic carbocycles. The summed E-state index contributed by atoms with van der Waals surface area (Å²) < 4.78 is 40.8. The Morgan fingerprint density at radius 1 is 1.39 bits per heavy atom. The van der Waals surface area contributed by atoms with Crippen molar-refractivity contribution >= 4 is 29.9 Å². The summed E-state index contributed by atoms with van der Waals surface area (Å²) in [6.07, 6.45) is -3.53. The lowest BCUT2D eigenvalue weighted by molar-refractivity contribution is -0.132. The van der Waals surface area contributed by atoms with Crippen molar-refractivity contribution in [2.75, 3.05) is 13.6 Å². The molecule has 104 valence electrons. The van der Waals surface area contributed by atoms with Crippen molar-refractivity contribution in [3.63, 3.8) is 0 Å². The van der Waals surface area contributed by atoms with Gasteiger partial charge in [0.05, 0.1) is 19.2 Å². The van der Waals surface area contributed by atoms with Crippen LogP contribution >= 0.6 is 24.0 Å². The maximum Gasteiger partial charge on any atom is 0.390 e. The van der Waals surface area contributed by atoms with Gasteiger partial charge >= 0.3 is 6.18 Å². The molecular weight excluding hydrogens is 362 g/mol. The fourth-order valence-corrected chi connectivity index (χ4v) is 1.13. The molecule has 0 saturated carbocycles. The molecule has 0 radical (unpaired) electrons. The Labute approximate surface area is 120 Å². The van der Waals surface area contributed by atoms with Crippen LogP contribution in [-0.4, -0.2) is 25.7 Å². The molecule has 0 aliphatic rings. The molecule has 2 N–H and O–H groups in total. The second-order valence-corrected chi connectivity index (χ2v) is 3.30. The number of rotatable bonds is 4. The first-order chi connectivity index (χ1) is 8.01. The van der Waals surface area contributed by atoms with Crippen molar-refractivity contribution in [1.29, 1.82) is 0 Å². The first-order valence-electron chi connectivity index (χ1n) is 5.05. The molecule has 0 aliphatic heterocycles. The quantitative estimate of drug-likeness (QED) is 0.482. The number of hydrogen-bond donors (Lipinski definition) is 2. The van der Waals surface area contributed by atoms with Crippen LogP contribution in [0, 0.1) is 0 Å². The number of guanidine groups is 1. The third kappa shape index (κ3) is 7.41. The van der Waals surface area contributed by atoms with Crippen LogP contribution in [0.15, 0.2) is 27.8 Å². The first kappa shape index (κ1) is 17.1. The van der Waals surface area contributed by atoms with Gasteiger partial charge in [-0.25, -0.2) is 0 Å². The molecule has 4 nitrogen and oxygen atoms in total. The van der Waals surface area contributed by atoms with E-state index in [1.165, 1.54) is 13.3 Å². The lowest BCUT2D eigenvalue weighted by atomic mass is 10.4. The van der Waals surface area contributed by atoms with E-state index in [1.807, 2.05) is 0 Å². The van der Waals surface area contributed by atoms with Gasteiger partial charge in [-0.2, -0.15) is 13.2 Å². The summed E-state index contributed by atoms with van der Waals surface area (Å²) in [5.74, 6) is 0.995. The predicted octanol–water partition coefficient (Wildman–Crippen LogP) is 2.52. The SMILES string of the molecule is CN=C(NCCC(F)(F)F)NCc1ccco1.I. The maximum absolute atomic E-state index is 11.9. The lowest BCUT2D eigenvalue weighted by Gasteiger charge is -2.11. The fourth-order valence-electron chi connectivity index (χ4n) is 1.13. The molecule has 0 fully saturated rings. The first-order valence-corrected chi connectivity index (χ1v) is 5.05. The molecule has 0 amide bonds. The summed E-state index contributed by atoms with van der Waals surface area (Å²) in [5, 5.41) is 5.40. The number of furan rings is 1. The van der Waals surface area contributed by atoms with Crippen molar-refractivity contribution in [3.8, 4) is 0 Å². The van der Waals surface area contributed by atoms with Crippen LogP contribution in [-0.2, 0) is 6.54 Å². The average molecular weight is 377 g/mol. The number of alkyl halides is 3. The van der Waals surface area contributed by atoms with Crippen molar-refractivity contribution in [2.24, 2.45) is 4.99 Å². The van der Waals surface area contributed by atoms with Crippen molar-refractivity contribution in [1.82, 2.24) is 10.6 Å². The van der Waals surface area contributed by atoms with E-state index in [9.17, 15) is 13.2 Å². The third-order valence-corrected chi connectivity index (χ3v) is 1.93. The van der Waals surface area contributed by atoms with Crippen LogP contribution in [0.2, 0.25) is 0 Å². The standard InChI is InChI=1S/C10H14F3N3O.HI/c1-14-9(15-5-4-10(11,12)13)16-7-8-3-2-6-17-8;/h2-3,6H,4-5,7H2,1H3,(H2,14,15,16);1H. The van der Waals surface area contributed by atoms with Crippen molar-refractivity contribution in [3.05, 3.63) is 24.2 Å². The topological polar surface area (TPSA) is 49.6 Å². The fraction of sp³-hybridized carbons (Fsp3) is 0.500. The van der Waals surface area contributed by atoms with Gasteiger partial charge in [0, 0.05) is 13.6 Å². The van der Waals surface area contributed by atoms with E-state index in [1.54, 1.807) is 12.1 Å². The highest BCUT2D eigenvalue weighted by Gasteiger charge is 2.26. The third-order valence-electron chi connectivity index (χ3n) is 1.93. The summed E-state index contributed by atoms with van der Waals surface area (Å²) in [4.78, 5) is 3.79. The van der Waals surface area contributed by atoms with Gasteiger partial charge in [-0.05, 0) is 12.1 Å². The normalized spacial score (nSPS) is 11.9. The molecule has 18 heavy (non-hydrogen) atoms. The predicted molar refractivity (Wildman–Crippen MR) is 73.0 cm³/mol. The Kier molecular flexibility index (Phi) is 7.80. The summed E-state index contributed by atoms with van der Waals surface area (Å²) >= 11 is 0. The molecule has 1 rings (SSSR count). The molecular formula is C10H15F3IN3O. The number of aliphatic imine (C=N–C) groups is 1. The maximum atomic E-state index is 11.9. The molecule has 0 spiro atoms. The van der Waals surface area contributed by atoms with Gasteiger partial charge in [0.15, 0.2) is 5.96 Å². The zero-order valence-corrected chi connectivity index (χ0v) is 12.1. The Hall–Kier alpha value is -0.930. The van der Waals surface area contributed by atoms with Gasteiger partial charge < -0.3 is 15.1 Å². The summed E-state index contributed by atoms with van der Waals surface area (Å²) in [6.45, 7) is 0.167. The van der Waals surface area contributed by atoms with Crippen LogP contribution in [0.4, 0.5) is 13.2 Å². The van der Waals surface area contributed by atoms with Gasteiger partial charge in [-0.15, -0.1) is 24.0 Å². The highest BCUT2D eigenvalue weighted by Crippen LogP contribution is 2.17. The smallest absolute Gasteiger partial charge is 0.390 e. The number of halogens is 4. The van der Waals surface area contributed by atoms with Crippen LogP contribution in [0.3, 0.4) is 0 Å². The molecule has 1 aromatic rings. The van der Waals surface area contributed by atoms with Crippen LogP contribution < -0.4 is 10.6 Å². The summed E-state index contributed by atoms with van der Waals surface area (Å²) in [6, 6.07) is 3.49. The molecule has 0 saturated heterocycles. The molecule has 1 heterocycles. The summed E-state index contributed by atoms with van der Waals surface area (Å²) in [5.41, 5.74) is 0. The van der Waals surface area contributed by atoms with Crippen molar-refractivity contribution < 1.29 is 17.6 Å². The Balaban J connectivity index is 0.00000289. The molecule has 0 unspecified atom stereocenters. The van der Waals surface area contributed by atoms with E-state index in [-0.39, 0.29) is 30.5 Å². The Morgan fingerprint density at radius 2 is 2.11 bits per heavy atom. The van der Waals surface area contributed by atoms with E-state index >= 15 is 0 Å². The monoisotopic (exact) mass is 377 g/mol. The summed E-state index contributed by atoms with van der Waals surface area (Å²) in [7, 11) is 1.49. The minimum atomic E-state index is -4.16. The van der Waals surface area contributed by atoms with Crippen LogP contribution in [0.5, 0.6) is 0 Å². The second kappa shape index (κ2) is 8.22. The van der Waals surface area contributed by atoms with Crippen LogP contribution in [0.25, 0.3) is 0 Å². The minimum Gasteiger partial charge on any atom is -0.467 e. The molecule has 1 aromatic heterocycles. The highest BCUT2D eigenvalue weighted by atomic mass is 127. The second-order valence-electron chi connectivity index (χ2n) is 3.30. The van der Waals surface area contributed by atoms with Gasteiger partial charge in [0.1, 0.15) is 5.76 Å². The van der Waals surface area contributed by atoms with E-state index in [2.05, 4.69) is 15.6 Å². The lowest BCUT2D eigenvalue weighted by Crippen LogP contribution is -2.38. The number of nitrogens with one attached hydrogen (secondary N) is 2. The Morgan fingerprint density at radius 3 is 2.61 bits per heavy atom. The van der Waals surface area contributed by atoms with E-state index in [0.29, 0.717) is 18.3 Å². The van der Waals surface area contributed by atoms with E-state index in [4.69, 9.17) is 4.42 Å². The zero-order chi connectivity index (χ0) is 12.7. The van der Waals surface area contributed by atoms with Gasteiger partial charge in [-0.3, -0.25) is 4.99 Å². The molecule has 0 aromatic carbocycles. The van der Waals surface area contributed by atoms with Crippen LogP contribution in [0.1, 0.15) is 12.2 Å². The molecule has 8 heteroatoms. The highest BCUT2D eigenvalue weighted by molar-refractivity contribution is 14.0. The number of nitrogens with zero attached hydrogens (tertiary/aromatic N) is 1. The van der Waals surface area contributed by atoms with Gasteiger partial charge in [0.2, 0.25) is 0 Å². The van der Waals surface area contributed by atoms with Gasteiger partial charge in [0.25, 0.3) is 0 Å². The van der Waals surface area contributed by atoms with E-state index in [0.717, 1.165) is 0 Å². The minimum absolute atomic E-state index is 0.